The molecule has 1 amide bonds. The highest BCUT2D eigenvalue weighted by molar-refractivity contribution is 14.0. The van der Waals surface area contributed by atoms with Crippen LogP contribution in [0.4, 0.5) is 0 Å². The number of benzene rings is 1. The number of hydrogen-bond donors (Lipinski definition) is 2. The summed E-state index contributed by atoms with van der Waals surface area (Å²) in [4.78, 5) is 17.9. The Morgan fingerprint density at radius 1 is 1.25 bits per heavy atom. The standard InChI is InChI=1S/C14H20N4O.HI/c15-14(16)17-8-3-6-13(19)18-9-7-11-4-1-2-5-12(11)10-18;/h1-2,4-5H,3,6-10H2,(H4,15,16,17);1H. The van der Waals surface area contributed by atoms with E-state index in [9.17, 15) is 4.79 Å². The van der Waals surface area contributed by atoms with Crippen molar-refractivity contribution in [3.8, 4) is 0 Å². The second-order valence-corrected chi connectivity index (χ2v) is 4.74. The molecule has 0 radical (unpaired) electrons. The summed E-state index contributed by atoms with van der Waals surface area (Å²) < 4.78 is 0. The van der Waals surface area contributed by atoms with Crippen molar-refractivity contribution in [2.45, 2.75) is 25.8 Å². The van der Waals surface area contributed by atoms with Crippen molar-refractivity contribution in [1.29, 1.82) is 0 Å². The molecule has 110 valence electrons. The molecular weight excluding hydrogens is 367 g/mol. The van der Waals surface area contributed by atoms with Crippen LogP contribution in [-0.4, -0.2) is 29.9 Å². The molecule has 0 atom stereocenters. The Labute approximate surface area is 136 Å². The highest BCUT2D eigenvalue weighted by atomic mass is 127. The third kappa shape index (κ3) is 4.66. The van der Waals surface area contributed by atoms with E-state index in [1.807, 2.05) is 17.0 Å². The van der Waals surface area contributed by atoms with E-state index < -0.39 is 0 Å². The van der Waals surface area contributed by atoms with Crippen molar-refractivity contribution >= 4 is 35.8 Å². The number of rotatable bonds is 4. The summed E-state index contributed by atoms with van der Waals surface area (Å²) in [6, 6.07) is 8.29. The zero-order valence-corrected chi connectivity index (χ0v) is 13.7. The van der Waals surface area contributed by atoms with E-state index in [0.717, 1.165) is 19.5 Å². The van der Waals surface area contributed by atoms with Gasteiger partial charge in [-0.15, -0.1) is 24.0 Å². The molecule has 0 aliphatic carbocycles. The van der Waals surface area contributed by atoms with E-state index in [0.29, 0.717) is 19.4 Å². The van der Waals surface area contributed by atoms with E-state index in [-0.39, 0.29) is 35.8 Å². The Hall–Kier alpha value is -1.31. The highest BCUT2D eigenvalue weighted by Crippen LogP contribution is 2.19. The van der Waals surface area contributed by atoms with Crippen LogP contribution in [0.25, 0.3) is 0 Å². The lowest BCUT2D eigenvalue weighted by atomic mass is 9.99. The smallest absolute Gasteiger partial charge is 0.222 e. The van der Waals surface area contributed by atoms with E-state index in [1.54, 1.807) is 0 Å². The molecule has 0 bridgehead atoms. The summed E-state index contributed by atoms with van der Waals surface area (Å²) in [7, 11) is 0. The lowest BCUT2D eigenvalue weighted by Gasteiger charge is -2.28. The van der Waals surface area contributed by atoms with Crippen LogP contribution in [0.3, 0.4) is 0 Å². The first-order valence-electron chi connectivity index (χ1n) is 6.57. The summed E-state index contributed by atoms with van der Waals surface area (Å²) in [6.45, 7) is 2.04. The lowest BCUT2D eigenvalue weighted by Crippen LogP contribution is -2.35. The van der Waals surface area contributed by atoms with Crippen molar-refractivity contribution in [3.63, 3.8) is 0 Å². The number of amides is 1. The van der Waals surface area contributed by atoms with Crippen LogP contribution < -0.4 is 11.5 Å². The summed E-state index contributed by atoms with van der Waals surface area (Å²) in [5, 5.41) is 0. The molecule has 0 unspecified atom stereocenters. The zero-order valence-electron chi connectivity index (χ0n) is 11.4. The summed E-state index contributed by atoms with van der Waals surface area (Å²) >= 11 is 0. The van der Waals surface area contributed by atoms with Crippen molar-refractivity contribution in [2.75, 3.05) is 13.1 Å². The maximum absolute atomic E-state index is 12.1. The molecule has 1 aromatic rings. The van der Waals surface area contributed by atoms with Gasteiger partial charge in [-0.25, -0.2) is 0 Å². The molecule has 6 heteroatoms. The molecule has 1 heterocycles. The Morgan fingerprint density at radius 3 is 2.65 bits per heavy atom. The van der Waals surface area contributed by atoms with Gasteiger partial charge in [-0.3, -0.25) is 9.79 Å². The molecule has 4 N–H and O–H groups in total. The molecule has 2 rings (SSSR count). The van der Waals surface area contributed by atoms with Crippen molar-refractivity contribution < 1.29 is 4.79 Å². The molecule has 0 aromatic heterocycles. The first-order chi connectivity index (χ1) is 9.16. The largest absolute Gasteiger partial charge is 0.370 e. The third-order valence-corrected chi connectivity index (χ3v) is 3.33. The number of fused-ring (bicyclic) bond motifs is 1. The minimum atomic E-state index is 0. The minimum Gasteiger partial charge on any atom is -0.370 e. The van der Waals surface area contributed by atoms with Gasteiger partial charge in [0.25, 0.3) is 0 Å². The van der Waals surface area contributed by atoms with Gasteiger partial charge in [-0.1, -0.05) is 24.3 Å². The van der Waals surface area contributed by atoms with Crippen LogP contribution in [-0.2, 0) is 17.8 Å². The second-order valence-electron chi connectivity index (χ2n) is 4.74. The average Bonchev–Trinajstić information content (AvgIpc) is 2.42. The normalized spacial score (nSPS) is 13.1. The number of nitrogens with zero attached hydrogens (tertiary/aromatic N) is 2. The molecule has 0 saturated heterocycles. The number of aliphatic imine (C=N–C) groups is 1. The summed E-state index contributed by atoms with van der Waals surface area (Å²) in [5.74, 6) is 0.264. The molecule has 20 heavy (non-hydrogen) atoms. The van der Waals surface area contributed by atoms with Crippen molar-refractivity contribution in [1.82, 2.24) is 4.90 Å². The van der Waals surface area contributed by atoms with E-state index in [4.69, 9.17) is 11.5 Å². The van der Waals surface area contributed by atoms with Crippen LogP contribution in [0.15, 0.2) is 29.3 Å². The van der Waals surface area contributed by atoms with Gasteiger partial charge in [0.15, 0.2) is 5.96 Å². The predicted molar refractivity (Wildman–Crippen MR) is 90.9 cm³/mol. The van der Waals surface area contributed by atoms with Gasteiger partial charge in [0.05, 0.1) is 0 Å². The van der Waals surface area contributed by atoms with Crippen LogP contribution in [0.2, 0.25) is 0 Å². The molecule has 1 aliphatic rings. The van der Waals surface area contributed by atoms with Gasteiger partial charge >= 0.3 is 0 Å². The SMILES string of the molecule is I.NC(N)=NCCCC(=O)N1CCc2ccccc2C1. The van der Waals surface area contributed by atoms with Crippen molar-refractivity contribution in [2.24, 2.45) is 16.5 Å². The quantitative estimate of drug-likeness (QED) is 0.352. The van der Waals surface area contributed by atoms with Gasteiger partial charge in [0.2, 0.25) is 5.91 Å². The van der Waals surface area contributed by atoms with Gasteiger partial charge < -0.3 is 16.4 Å². The number of halogens is 1. The van der Waals surface area contributed by atoms with Crippen LogP contribution in [0.1, 0.15) is 24.0 Å². The van der Waals surface area contributed by atoms with E-state index in [1.165, 1.54) is 11.1 Å². The third-order valence-electron chi connectivity index (χ3n) is 3.33. The number of nitrogens with two attached hydrogens (primary N) is 2. The van der Waals surface area contributed by atoms with Gasteiger partial charge in [0.1, 0.15) is 0 Å². The van der Waals surface area contributed by atoms with Crippen LogP contribution in [0, 0.1) is 0 Å². The fourth-order valence-electron chi connectivity index (χ4n) is 2.31. The van der Waals surface area contributed by atoms with E-state index in [2.05, 4.69) is 17.1 Å². The first-order valence-corrected chi connectivity index (χ1v) is 6.57. The number of carbonyl (C=O) groups excluding carboxylic acids is 1. The molecular formula is C14H21IN4O. The molecule has 5 nitrogen and oxygen atoms in total. The summed E-state index contributed by atoms with van der Waals surface area (Å²) in [6.07, 6.45) is 2.13. The minimum absolute atomic E-state index is 0. The fourth-order valence-corrected chi connectivity index (χ4v) is 2.31. The molecule has 1 aliphatic heterocycles. The van der Waals surface area contributed by atoms with Gasteiger partial charge in [-0.2, -0.15) is 0 Å². The number of hydrogen-bond acceptors (Lipinski definition) is 2. The predicted octanol–water partition coefficient (Wildman–Crippen LogP) is 1.24. The van der Waals surface area contributed by atoms with E-state index >= 15 is 0 Å². The van der Waals surface area contributed by atoms with Crippen LogP contribution >= 0.6 is 24.0 Å². The monoisotopic (exact) mass is 388 g/mol. The van der Waals surface area contributed by atoms with Crippen LogP contribution in [0.5, 0.6) is 0 Å². The molecule has 0 fully saturated rings. The highest BCUT2D eigenvalue weighted by Gasteiger charge is 2.19. The lowest BCUT2D eigenvalue weighted by molar-refractivity contribution is -0.132. The Balaban J connectivity index is 0.00000200. The number of guanidine groups is 1. The Morgan fingerprint density at radius 2 is 1.95 bits per heavy atom. The zero-order chi connectivity index (χ0) is 13.7. The van der Waals surface area contributed by atoms with Gasteiger partial charge in [-0.05, 0) is 24.0 Å². The average molecular weight is 388 g/mol. The summed E-state index contributed by atoms with van der Waals surface area (Å²) in [5.41, 5.74) is 13.1. The second kappa shape index (κ2) is 8.08. The Kier molecular flexibility index (Phi) is 6.77. The molecule has 0 spiro atoms. The number of carbonyl (C=O) groups is 1. The molecule has 0 saturated carbocycles. The molecule has 1 aromatic carbocycles. The fraction of sp³-hybridized carbons (Fsp3) is 0.429. The maximum Gasteiger partial charge on any atom is 0.222 e. The Bertz CT molecular complexity index is 486. The first kappa shape index (κ1) is 16.7. The van der Waals surface area contributed by atoms with Crippen molar-refractivity contribution in [3.05, 3.63) is 35.4 Å². The topological polar surface area (TPSA) is 84.7 Å². The van der Waals surface area contributed by atoms with Gasteiger partial charge in [0, 0.05) is 26.1 Å². The maximum atomic E-state index is 12.1.